The van der Waals surface area contributed by atoms with Crippen molar-refractivity contribution in [3.63, 3.8) is 0 Å². The Morgan fingerprint density at radius 2 is 1.92 bits per heavy atom. The number of piperazine rings is 1. The molecule has 3 rings (SSSR count). The van der Waals surface area contributed by atoms with E-state index in [1.807, 2.05) is 11.0 Å². The second kappa shape index (κ2) is 6.84. The van der Waals surface area contributed by atoms with Gasteiger partial charge in [0.15, 0.2) is 0 Å². The van der Waals surface area contributed by atoms with Crippen molar-refractivity contribution in [2.24, 2.45) is 0 Å². The van der Waals surface area contributed by atoms with Crippen molar-refractivity contribution < 1.29 is 9.72 Å². The van der Waals surface area contributed by atoms with Crippen molar-refractivity contribution >= 4 is 28.9 Å². The minimum absolute atomic E-state index is 0.0671. The normalized spacial score (nSPS) is 14.5. The van der Waals surface area contributed by atoms with Gasteiger partial charge in [-0.25, -0.2) is 4.98 Å². The van der Waals surface area contributed by atoms with Crippen LogP contribution in [0.4, 0.5) is 11.4 Å². The third-order valence-electron chi connectivity index (χ3n) is 3.95. The number of rotatable bonds is 3. The van der Waals surface area contributed by atoms with E-state index >= 15 is 0 Å². The van der Waals surface area contributed by atoms with Crippen LogP contribution in [0.15, 0.2) is 42.6 Å². The summed E-state index contributed by atoms with van der Waals surface area (Å²) in [5.41, 5.74) is 1.37. The van der Waals surface area contributed by atoms with E-state index in [0.717, 1.165) is 5.69 Å². The molecule has 2 aromatic rings. The number of amides is 1. The maximum Gasteiger partial charge on any atom is 0.271 e. The fourth-order valence-electron chi connectivity index (χ4n) is 2.69. The number of non-ortho nitro benzene ring substituents is 1. The first-order valence-corrected chi connectivity index (χ1v) is 7.82. The van der Waals surface area contributed by atoms with Gasteiger partial charge in [0.1, 0.15) is 5.15 Å². The third-order valence-corrected chi connectivity index (χ3v) is 4.15. The Bertz CT molecular complexity index is 775. The maximum atomic E-state index is 12.5. The van der Waals surface area contributed by atoms with Gasteiger partial charge in [0.05, 0.1) is 4.92 Å². The zero-order valence-corrected chi connectivity index (χ0v) is 13.5. The van der Waals surface area contributed by atoms with E-state index in [1.54, 1.807) is 29.2 Å². The number of hydrogen-bond donors (Lipinski definition) is 0. The molecule has 0 N–H and O–H groups in total. The van der Waals surface area contributed by atoms with Crippen LogP contribution in [0.5, 0.6) is 0 Å². The molecule has 1 fully saturated rings. The van der Waals surface area contributed by atoms with E-state index in [9.17, 15) is 14.9 Å². The molecule has 7 nitrogen and oxygen atoms in total. The first kappa shape index (κ1) is 16.2. The van der Waals surface area contributed by atoms with E-state index in [-0.39, 0.29) is 16.7 Å². The lowest BCUT2D eigenvalue weighted by Crippen LogP contribution is -2.48. The highest BCUT2D eigenvalue weighted by molar-refractivity contribution is 6.29. The number of pyridine rings is 1. The number of aromatic nitrogens is 1. The molecule has 0 saturated carbocycles. The standard InChI is InChI=1S/C16H15ClN4O3/c17-15-10-12(4-5-18-15)16(22)20-8-6-19(7-9-20)13-2-1-3-14(11-13)21(23)24/h1-5,10-11H,6-9H2. The van der Waals surface area contributed by atoms with Gasteiger partial charge >= 0.3 is 0 Å². The van der Waals surface area contributed by atoms with Crippen LogP contribution in [-0.4, -0.2) is 46.9 Å². The number of halogens is 1. The summed E-state index contributed by atoms with van der Waals surface area (Å²) >= 11 is 5.83. The van der Waals surface area contributed by atoms with E-state index < -0.39 is 4.92 Å². The number of anilines is 1. The lowest BCUT2D eigenvalue weighted by Gasteiger charge is -2.36. The molecule has 8 heteroatoms. The minimum Gasteiger partial charge on any atom is -0.368 e. The van der Waals surface area contributed by atoms with Gasteiger partial charge in [0, 0.05) is 55.8 Å². The molecule has 1 aromatic carbocycles. The van der Waals surface area contributed by atoms with E-state index in [0.29, 0.717) is 31.7 Å². The molecule has 124 valence electrons. The van der Waals surface area contributed by atoms with Gasteiger partial charge in [0.25, 0.3) is 11.6 Å². The molecule has 0 spiro atoms. The molecule has 1 aliphatic rings. The van der Waals surface area contributed by atoms with Crippen molar-refractivity contribution in [3.8, 4) is 0 Å². The highest BCUT2D eigenvalue weighted by Gasteiger charge is 2.23. The van der Waals surface area contributed by atoms with Crippen molar-refractivity contribution in [3.05, 3.63) is 63.4 Å². The molecule has 1 amide bonds. The SMILES string of the molecule is O=C(c1ccnc(Cl)c1)N1CCN(c2cccc([N+](=O)[O-])c2)CC1. The number of carbonyl (C=O) groups is 1. The second-order valence-corrected chi connectivity index (χ2v) is 5.81. The fourth-order valence-corrected chi connectivity index (χ4v) is 2.86. The van der Waals surface area contributed by atoms with Crippen molar-refractivity contribution in [1.82, 2.24) is 9.88 Å². The Balaban J connectivity index is 1.66. The number of benzene rings is 1. The third kappa shape index (κ3) is 3.46. The van der Waals surface area contributed by atoms with Crippen LogP contribution in [0.2, 0.25) is 5.15 Å². The Morgan fingerprint density at radius 1 is 1.17 bits per heavy atom. The van der Waals surface area contributed by atoms with Gasteiger partial charge in [-0.15, -0.1) is 0 Å². The van der Waals surface area contributed by atoms with E-state index in [4.69, 9.17) is 11.6 Å². The lowest BCUT2D eigenvalue weighted by molar-refractivity contribution is -0.384. The minimum atomic E-state index is -0.406. The largest absolute Gasteiger partial charge is 0.368 e. The lowest BCUT2D eigenvalue weighted by atomic mass is 10.2. The molecule has 1 aliphatic heterocycles. The van der Waals surface area contributed by atoms with Crippen LogP contribution in [0.25, 0.3) is 0 Å². The number of nitro benzene ring substituents is 1. The molecule has 2 heterocycles. The highest BCUT2D eigenvalue weighted by atomic mass is 35.5. The van der Waals surface area contributed by atoms with Crippen LogP contribution in [0.1, 0.15) is 10.4 Å². The predicted octanol–water partition coefficient (Wildman–Crippen LogP) is 2.61. The Morgan fingerprint density at radius 3 is 2.58 bits per heavy atom. The molecule has 0 aliphatic carbocycles. The van der Waals surface area contributed by atoms with Gasteiger partial charge in [-0.3, -0.25) is 14.9 Å². The smallest absolute Gasteiger partial charge is 0.271 e. The fraction of sp³-hybridized carbons (Fsp3) is 0.250. The quantitative estimate of drug-likeness (QED) is 0.485. The molecule has 0 bridgehead atoms. The molecule has 0 radical (unpaired) electrons. The van der Waals surface area contributed by atoms with Gasteiger partial charge in [-0.2, -0.15) is 0 Å². The Hall–Kier alpha value is -2.67. The molecule has 1 saturated heterocycles. The van der Waals surface area contributed by atoms with Gasteiger partial charge < -0.3 is 9.80 Å². The molecular weight excluding hydrogens is 332 g/mol. The van der Waals surface area contributed by atoms with Crippen molar-refractivity contribution in [2.45, 2.75) is 0 Å². The summed E-state index contributed by atoms with van der Waals surface area (Å²) < 4.78 is 0. The first-order chi connectivity index (χ1) is 11.5. The summed E-state index contributed by atoms with van der Waals surface area (Å²) in [5.74, 6) is -0.0852. The molecular formula is C16H15ClN4O3. The average molecular weight is 347 g/mol. The summed E-state index contributed by atoms with van der Waals surface area (Å²) in [6.45, 7) is 2.32. The Kier molecular flexibility index (Phi) is 4.61. The number of carbonyl (C=O) groups excluding carboxylic acids is 1. The van der Waals surface area contributed by atoms with Crippen molar-refractivity contribution in [2.75, 3.05) is 31.1 Å². The van der Waals surface area contributed by atoms with Crippen LogP contribution < -0.4 is 4.90 Å². The molecule has 0 atom stereocenters. The highest BCUT2D eigenvalue weighted by Crippen LogP contribution is 2.22. The summed E-state index contributed by atoms with van der Waals surface area (Å²) in [6.07, 6.45) is 1.51. The van der Waals surface area contributed by atoms with Gasteiger partial charge in [0.2, 0.25) is 0 Å². The molecule has 1 aromatic heterocycles. The van der Waals surface area contributed by atoms with Gasteiger partial charge in [-0.1, -0.05) is 17.7 Å². The predicted molar refractivity (Wildman–Crippen MR) is 90.5 cm³/mol. The summed E-state index contributed by atoms with van der Waals surface area (Å²) in [6, 6.07) is 9.73. The Labute approximate surface area is 143 Å². The van der Waals surface area contributed by atoms with Crippen LogP contribution in [0, 0.1) is 10.1 Å². The number of hydrogen-bond acceptors (Lipinski definition) is 5. The summed E-state index contributed by atoms with van der Waals surface area (Å²) in [7, 11) is 0. The zero-order chi connectivity index (χ0) is 17.1. The monoisotopic (exact) mass is 346 g/mol. The van der Waals surface area contributed by atoms with E-state index in [2.05, 4.69) is 4.98 Å². The molecule has 24 heavy (non-hydrogen) atoms. The van der Waals surface area contributed by atoms with Crippen LogP contribution in [0.3, 0.4) is 0 Å². The van der Waals surface area contributed by atoms with Crippen molar-refractivity contribution in [1.29, 1.82) is 0 Å². The van der Waals surface area contributed by atoms with Crippen LogP contribution in [-0.2, 0) is 0 Å². The summed E-state index contributed by atoms with van der Waals surface area (Å²) in [5, 5.41) is 11.2. The summed E-state index contributed by atoms with van der Waals surface area (Å²) in [4.78, 5) is 30.6. The van der Waals surface area contributed by atoms with E-state index in [1.165, 1.54) is 12.3 Å². The van der Waals surface area contributed by atoms with Crippen LogP contribution >= 0.6 is 11.6 Å². The zero-order valence-electron chi connectivity index (χ0n) is 12.8. The topological polar surface area (TPSA) is 79.6 Å². The molecule has 0 unspecified atom stereocenters. The average Bonchev–Trinajstić information content (AvgIpc) is 2.61. The maximum absolute atomic E-state index is 12.5. The number of nitro groups is 1. The second-order valence-electron chi connectivity index (χ2n) is 5.42. The van der Waals surface area contributed by atoms with Gasteiger partial charge in [-0.05, 0) is 18.2 Å². The first-order valence-electron chi connectivity index (χ1n) is 7.45. The number of nitrogens with zero attached hydrogens (tertiary/aromatic N) is 4.